The van der Waals surface area contributed by atoms with E-state index in [9.17, 15) is 9.59 Å². The van der Waals surface area contributed by atoms with Gasteiger partial charge in [-0.1, -0.05) is 30.3 Å². The zero-order valence-corrected chi connectivity index (χ0v) is 12.6. The second-order valence-electron chi connectivity index (χ2n) is 4.76. The van der Waals surface area contributed by atoms with Gasteiger partial charge in [-0.3, -0.25) is 14.9 Å². The lowest BCUT2D eigenvalue weighted by atomic mass is 10.1. The molecule has 0 aliphatic rings. The van der Waals surface area contributed by atoms with Crippen molar-refractivity contribution in [3.8, 4) is 0 Å². The first-order chi connectivity index (χ1) is 10.6. The van der Waals surface area contributed by atoms with Gasteiger partial charge in [-0.15, -0.1) is 11.3 Å². The Labute approximate surface area is 131 Å². The molecule has 0 spiro atoms. The number of fused-ring (bicyclic) bond motifs is 1. The lowest BCUT2D eigenvalue weighted by molar-refractivity contribution is -0.132. The van der Waals surface area contributed by atoms with Crippen LogP contribution in [0, 0.1) is 6.92 Å². The summed E-state index contributed by atoms with van der Waals surface area (Å²) in [6, 6.07) is 13.3. The first kappa shape index (κ1) is 14.2. The number of benzene rings is 2. The molecule has 0 unspecified atom stereocenters. The Morgan fingerprint density at radius 3 is 2.45 bits per heavy atom. The van der Waals surface area contributed by atoms with E-state index in [0.717, 1.165) is 16.5 Å². The number of nitrogens with one attached hydrogen (secondary N) is 2. The predicted octanol–water partition coefficient (Wildman–Crippen LogP) is 3.18. The third-order valence-electron chi connectivity index (χ3n) is 3.05. The van der Waals surface area contributed by atoms with Crippen molar-refractivity contribution in [1.82, 2.24) is 4.98 Å². The summed E-state index contributed by atoms with van der Waals surface area (Å²) in [5.74, 6) is -1.45. The van der Waals surface area contributed by atoms with Crippen LogP contribution in [0.4, 0.5) is 10.8 Å². The van der Waals surface area contributed by atoms with Gasteiger partial charge in [0.25, 0.3) is 0 Å². The summed E-state index contributed by atoms with van der Waals surface area (Å²) in [5.41, 5.74) is 1.38. The number of aryl methyl sites for hydroxylation is 1. The topological polar surface area (TPSA) is 71.1 Å². The molecule has 3 rings (SSSR count). The van der Waals surface area contributed by atoms with Crippen LogP contribution in [-0.2, 0) is 9.59 Å². The molecular weight excluding hydrogens is 298 g/mol. The molecule has 0 aliphatic carbocycles. The molecule has 0 atom stereocenters. The fraction of sp³-hybridized carbons (Fsp3) is 0.0625. The molecule has 0 saturated heterocycles. The number of carbonyl (C=O) groups excluding carboxylic acids is 2. The van der Waals surface area contributed by atoms with Crippen LogP contribution >= 0.6 is 11.3 Å². The zero-order valence-electron chi connectivity index (χ0n) is 11.8. The van der Waals surface area contributed by atoms with Crippen molar-refractivity contribution in [2.45, 2.75) is 6.92 Å². The summed E-state index contributed by atoms with van der Waals surface area (Å²) in [5, 5.41) is 9.35. The van der Waals surface area contributed by atoms with Gasteiger partial charge in [0.05, 0.1) is 5.69 Å². The lowest BCUT2D eigenvalue weighted by Crippen LogP contribution is -2.29. The molecule has 0 radical (unpaired) electrons. The summed E-state index contributed by atoms with van der Waals surface area (Å²) in [6.45, 7) is 1.82. The van der Waals surface area contributed by atoms with E-state index in [2.05, 4.69) is 15.6 Å². The predicted molar refractivity (Wildman–Crippen MR) is 88.1 cm³/mol. The van der Waals surface area contributed by atoms with Gasteiger partial charge in [0.1, 0.15) is 0 Å². The van der Waals surface area contributed by atoms with Crippen molar-refractivity contribution in [1.29, 1.82) is 0 Å². The van der Waals surface area contributed by atoms with E-state index in [0.29, 0.717) is 10.8 Å². The first-order valence-electron chi connectivity index (χ1n) is 6.65. The van der Waals surface area contributed by atoms with Crippen molar-refractivity contribution in [2.75, 3.05) is 10.6 Å². The Morgan fingerprint density at radius 1 is 1.00 bits per heavy atom. The van der Waals surface area contributed by atoms with Crippen molar-refractivity contribution >= 4 is 44.7 Å². The number of thiazole rings is 1. The normalized spacial score (nSPS) is 10.4. The smallest absolute Gasteiger partial charge is 0.315 e. The number of carbonyl (C=O) groups is 2. The van der Waals surface area contributed by atoms with Crippen LogP contribution in [0.2, 0.25) is 0 Å². The average molecular weight is 311 g/mol. The maximum atomic E-state index is 11.9. The summed E-state index contributed by atoms with van der Waals surface area (Å²) >= 11 is 1.28. The molecule has 2 N–H and O–H groups in total. The number of nitrogens with zero attached hydrogens (tertiary/aromatic N) is 1. The number of anilines is 2. The van der Waals surface area contributed by atoms with Crippen molar-refractivity contribution in [2.24, 2.45) is 0 Å². The molecule has 6 heteroatoms. The molecule has 2 aromatic carbocycles. The molecule has 1 heterocycles. The van der Waals surface area contributed by atoms with Crippen LogP contribution in [0.1, 0.15) is 5.69 Å². The fourth-order valence-electron chi connectivity index (χ4n) is 2.02. The highest BCUT2D eigenvalue weighted by Gasteiger charge is 2.15. The maximum Gasteiger partial charge on any atom is 0.315 e. The first-order valence-corrected chi connectivity index (χ1v) is 7.53. The number of rotatable bonds is 2. The molecule has 3 aromatic rings. The summed E-state index contributed by atoms with van der Waals surface area (Å²) in [6.07, 6.45) is 0. The SMILES string of the molecule is Cc1csc(NC(=O)C(=O)Nc2ccc3ccccc3c2)n1. The Hall–Kier alpha value is -2.73. The van der Waals surface area contributed by atoms with Gasteiger partial charge in [-0.05, 0) is 29.8 Å². The monoisotopic (exact) mass is 311 g/mol. The number of hydrogen-bond acceptors (Lipinski definition) is 4. The fourth-order valence-corrected chi connectivity index (χ4v) is 2.70. The van der Waals surface area contributed by atoms with Gasteiger partial charge in [0.2, 0.25) is 0 Å². The van der Waals surface area contributed by atoms with E-state index in [4.69, 9.17) is 0 Å². The van der Waals surface area contributed by atoms with Gasteiger partial charge in [0.15, 0.2) is 5.13 Å². The molecule has 0 fully saturated rings. The maximum absolute atomic E-state index is 11.9. The molecule has 0 aliphatic heterocycles. The van der Waals surface area contributed by atoms with Crippen LogP contribution in [0.25, 0.3) is 10.8 Å². The minimum absolute atomic E-state index is 0.413. The summed E-state index contributed by atoms with van der Waals surface area (Å²) in [4.78, 5) is 27.8. The number of aromatic nitrogens is 1. The molecule has 0 bridgehead atoms. The van der Waals surface area contributed by atoms with E-state index in [1.165, 1.54) is 11.3 Å². The Kier molecular flexibility index (Phi) is 3.84. The van der Waals surface area contributed by atoms with Crippen molar-refractivity contribution in [3.05, 3.63) is 53.5 Å². The lowest BCUT2D eigenvalue weighted by Gasteiger charge is -2.06. The summed E-state index contributed by atoms with van der Waals surface area (Å²) < 4.78 is 0. The highest BCUT2D eigenvalue weighted by molar-refractivity contribution is 7.14. The van der Waals surface area contributed by atoms with E-state index < -0.39 is 11.8 Å². The Balaban J connectivity index is 1.70. The minimum Gasteiger partial charge on any atom is -0.318 e. The van der Waals surface area contributed by atoms with E-state index in [1.807, 2.05) is 43.3 Å². The van der Waals surface area contributed by atoms with Gasteiger partial charge < -0.3 is 5.32 Å². The van der Waals surface area contributed by atoms with Crippen LogP contribution in [0.15, 0.2) is 47.8 Å². The highest BCUT2D eigenvalue weighted by atomic mass is 32.1. The van der Waals surface area contributed by atoms with Crippen LogP contribution in [0.3, 0.4) is 0 Å². The average Bonchev–Trinajstić information content (AvgIpc) is 2.92. The zero-order chi connectivity index (χ0) is 15.5. The number of hydrogen-bond donors (Lipinski definition) is 2. The summed E-state index contributed by atoms with van der Waals surface area (Å²) in [7, 11) is 0. The quantitative estimate of drug-likeness (QED) is 0.714. The molecule has 110 valence electrons. The Morgan fingerprint density at radius 2 is 1.73 bits per heavy atom. The third kappa shape index (κ3) is 3.12. The van der Waals surface area contributed by atoms with E-state index in [1.54, 1.807) is 11.4 Å². The number of amides is 2. The van der Waals surface area contributed by atoms with Gasteiger partial charge >= 0.3 is 11.8 Å². The molecular formula is C16H13N3O2S. The largest absolute Gasteiger partial charge is 0.318 e. The van der Waals surface area contributed by atoms with Crippen LogP contribution in [0.5, 0.6) is 0 Å². The second-order valence-corrected chi connectivity index (χ2v) is 5.62. The molecule has 2 amide bonds. The second kappa shape index (κ2) is 5.95. The molecule has 1 aromatic heterocycles. The van der Waals surface area contributed by atoms with Gasteiger partial charge in [-0.25, -0.2) is 4.98 Å². The van der Waals surface area contributed by atoms with Gasteiger partial charge in [-0.2, -0.15) is 0 Å². The van der Waals surface area contributed by atoms with E-state index >= 15 is 0 Å². The third-order valence-corrected chi connectivity index (χ3v) is 3.93. The molecule has 5 nitrogen and oxygen atoms in total. The Bertz CT molecular complexity index is 857. The van der Waals surface area contributed by atoms with E-state index in [-0.39, 0.29) is 0 Å². The molecule has 22 heavy (non-hydrogen) atoms. The van der Waals surface area contributed by atoms with Crippen LogP contribution in [-0.4, -0.2) is 16.8 Å². The van der Waals surface area contributed by atoms with Crippen LogP contribution < -0.4 is 10.6 Å². The van der Waals surface area contributed by atoms with Gasteiger partial charge in [0, 0.05) is 11.1 Å². The van der Waals surface area contributed by atoms with Crippen molar-refractivity contribution in [3.63, 3.8) is 0 Å². The standard InChI is InChI=1S/C16H13N3O2S/c1-10-9-22-16(17-10)19-15(21)14(20)18-13-7-6-11-4-2-3-5-12(11)8-13/h2-9H,1H3,(H,18,20)(H,17,19,21). The minimum atomic E-state index is -0.734. The highest BCUT2D eigenvalue weighted by Crippen LogP contribution is 2.19. The molecule has 0 saturated carbocycles. The van der Waals surface area contributed by atoms with Crippen molar-refractivity contribution < 1.29 is 9.59 Å².